The average molecular weight is 537 g/mol. The SMILES string of the molecule is CCO/C(N)=C1\C=C\c2[nH]nc3c(C)nc(cc23)-c2c(C)nn(C)c2OC(C)[C@@H](C)N(C)CC1=N[C@@H](C)CO. The molecule has 0 aliphatic carbocycles. The Bertz CT molecular complexity index is 1430. The highest BCUT2D eigenvalue weighted by molar-refractivity contribution is 6.05. The molecule has 39 heavy (non-hydrogen) atoms. The molecular weight excluding hydrogens is 496 g/mol. The van der Waals surface area contributed by atoms with Gasteiger partial charge in [0.25, 0.3) is 0 Å². The van der Waals surface area contributed by atoms with E-state index in [2.05, 4.69) is 27.1 Å². The fourth-order valence-corrected chi connectivity index (χ4v) is 4.75. The van der Waals surface area contributed by atoms with E-state index in [1.165, 1.54) is 0 Å². The molecule has 0 saturated heterocycles. The van der Waals surface area contributed by atoms with Gasteiger partial charge in [-0.1, -0.05) is 0 Å². The normalized spacial score (nSPS) is 22.7. The van der Waals surface area contributed by atoms with Crippen molar-refractivity contribution in [1.82, 2.24) is 29.9 Å². The molecule has 0 radical (unpaired) electrons. The van der Waals surface area contributed by atoms with E-state index in [0.29, 0.717) is 30.3 Å². The standard InChI is InChI=1S/C28H40N8O3/c1-9-38-27(29)20-10-11-22-21-12-23(31-17(4)26(21)33-32-22)25-16(3)34-36(8)28(25)39-19(6)18(5)35(7)13-24(20)30-15(2)14-37/h10-12,15,18-19,37H,9,13-14,29H2,1-8H3,(H,32,33)/b11-10+,27-20+,30-24?/t15-,18+,19?/m0/s1. The number of aromatic nitrogens is 5. The largest absolute Gasteiger partial charge is 0.479 e. The van der Waals surface area contributed by atoms with Crippen LogP contribution in [-0.2, 0) is 11.8 Å². The van der Waals surface area contributed by atoms with Crippen molar-refractivity contribution in [3.05, 3.63) is 40.7 Å². The number of nitrogens with one attached hydrogen (secondary N) is 1. The first-order chi connectivity index (χ1) is 18.5. The maximum atomic E-state index is 9.80. The lowest BCUT2D eigenvalue weighted by molar-refractivity contribution is 0.107. The number of fused-ring (bicyclic) bond motifs is 3. The van der Waals surface area contributed by atoms with Crippen molar-refractivity contribution in [2.45, 2.75) is 59.7 Å². The fraction of sp³-hybridized carbons (Fsp3) is 0.500. The molecule has 0 fully saturated rings. The molecule has 0 amide bonds. The molecule has 4 rings (SSSR count). The number of likely N-dealkylation sites (N-methyl/N-ethyl adjacent to an activating group) is 1. The summed E-state index contributed by atoms with van der Waals surface area (Å²) in [5.74, 6) is 0.926. The first-order valence-electron chi connectivity index (χ1n) is 13.3. The topological polar surface area (TPSA) is 140 Å². The second-order valence-electron chi connectivity index (χ2n) is 10.1. The molecule has 4 heterocycles. The number of hydrogen-bond acceptors (Lipinski definition) is 9. The first kappa shape index (κ1) is 28.3. The molecule has 11 nitrogen and oxygen atoms in total. The predicted molar refractivity (Wildman–Crippen MR) is 154 cm³/mol. The number of aromatic amines is 1. The van der Waals surface area contributed by atoms with Gasteiger partial charge in [-0.2, -0.15) is 10.2 Å². The van der Waals surface area contributed by atoms with Gasteiger partial charge >= 0.3 is 0 Å². The minimum atomic E-state index is -0.318. The van der Waals surface area contributed by atoms with Gasteiger partial charge in [0.2, 0.25) is 5.88 Å². The number of aliphatic hydroxyl groups is 1. The second-order valence-corrected chi connectivity index (χ2v) is 10.1. The van der Waals surface area contributed by atoms with E-state index >= 15 is 0 Å². The zero-order chi connectivity index (χ0) is 28.4. The summed E-state index contributed by atoms with van der Waals surface area (Å²) >= 11 is 0. The zero-order valence-electron chi connectivity index (χ0n) is 24.1. The number of nitrogens with zero attached hydrogens (tertiary/aromatic N) is 6. The van der Waals surface area contributed by atoms with Gasteiger partial charge in [-0.3, -0.25) is 20.0 Å². The summed E-state index contributed by atoms with van der Waals surface area (Å²) in [4.78, 5) is 11.9. The van der Waals surface area contributed by atoms with Crippen LogP contribution in [0, 0.1) is 13.8 Å². The number of nitrogens with two attached hydrogens (primary N) is 1. The van der Waals surface area contributed by atoms with Crippen molar-refractivity contribution >= 4 is 22.7 Å². The van der Waals surface area contributed by atoms with Crippen molar-refractivity contribution < 1.29 is 14.6 Å². The van der Waals surface area contributed by atoms with Crippen molar-refractivity contribution in [2.75, 3.05) is 26.8 Å². The molecule has 0 aromatic carbocycles. The van der Waals surface area contributed by atoms with Crippen LogP contribution in [0.15, 0.2) is 28.6 Å². The van der Waals surface area contributed by atoms with Crippen molar-refractivity contribution in [1.29, 1.82) is 0 Å². The molecule has 0 saturated carbocycles. The lowest BCUT2D eigenvalue weighted by atomic mass is 10.1. The number of aliphatic imine (C=N–C) groups is 1. The van der Waals surface area contributed by atoms with Crippen LogP contribution in [-0.4, -0.2) is 85.7 Å². The van der Waals surface area contributed by atoms with Crippen LogP contribution in [0.2, 0.25) is 0 Å². The van der Waals surface area contributed by atoms with Gasteiger partial charge in [-0.25, -0.2) is 4.68 Å². The molecule has 1 aliphatic rings. The summed E-state index contributed by atoms with van der Waals surface area (Å²) in [6.45, 7) is 12.6. The van der Waals surface area contributed by atoms with E-state index in [0.717, 1.165) is 39.2 Å². The van der Waals surface area contributed by atoms with Crippen LogP contribution in [0.25, 0.3) is 28.2 Å². The first-order valence-corrected chi connectivity index (χ1v) is 13.3. The van der Waals surface area contributed by atoms with E-state index in [4.69, 9.17) is 25.2 Å². The number of aryl methyl sites for hydroxylation is 3. The third-order valence-electron chi connectivity index (χ3n) is 7.18. The molecule has 3 atom stereocenters. The van der Waals surface area contributed by atoms with Gasteiger partial charge in [0.15, 0.2) is 5.88 Å². The highest BCUT2D eigenvalue weighted by Gasteiger charge is 2.27. The number of H-pyrrole nitrogens is 1. The van der Waals surface area contributed by atoms with Gasteiger partial charge in [0, 0.05) is 25.0 Å². The Morgan fingerprint density at radius 1 is 1.28 bits per heavy atom. The quantitative estimate of drug-likeness (QED) is 0.432. The summed E-state index contributed by atoms with van der Waals surface area (Å²) in [5.41, 5.74) is 12.6. The van der Waals surface area contributed by atoms with E-state index in [1.807, 2.05) is 66.9 Å². The van der Waals surface area contributed by atoms with Gasteiger partial charge in [0.05, 0.1) is 58.9 Å². The van der Waals surface area contributed by atoms with Crippen LogP contribution >= 0.6 is 0 Å². The number of allylic oxidation sites excluding steroid dienone is 1. The van der Waals surface area contributed by atoms with Gasteiger partial charge in [-0.05, 0) is 66.8 Å². The molecule has 0 spiro atoms. The molecule has 1 unspecified atom stereocenters. The molecule has 4 N–H and O–H groups in total. The summed E-state index contributed by atoms with van der Waals surface area (Å²) in [5, 5.41) is 23.0. The number of ether oxygens (including phenoxy) is 2. The number of hydrogen-bond donors (Lipinski definition) is 3. The van der Waals surface area contributed by atoms with E-state index < -0.39 is 0 Å². The molecule has 3 aromatic rings. The summed E-state index contributed by atoms with van der Waals surface area (Å²) in [6.07, 6.45) is 3.62. The molecule has 11 heteroatoms. The second kappa shape index (κ2) is 11.6. The Morgan fingerprint density at radius 3 is 2.72 bits per heavy atom. The van der Waals surface area contributed by atoms with Gasteiger partial charge < -0.3 is 20.3 Å². The predicted octanol–water partition coefficient (Wildman–Crippen LogP) is 3.12. The average Bonchev–Trinajstić information content (AvgIpc) is 3.42. The smallest absolute Gasteiger partial charge is 0.221 e. The van der Waals surface area contributed by atoms with Crippen LogP contribution in [0.1, 0.15) is 44.8 Å². The molecule has 210 valence electrons. The molecular formula is C28H40N8O3. The fourth-order valence-electron chi connectivity index (χ4n) is 4.75. The maximum Gasteiger partial charge on any atom is 0.221 e. The summed E-state index contributed by atoms with van der Waals surface area (Å²) < 4.78 is 14.1. The van der Waals surface area contributed by atoms with E-state index in [9.17, 15) is 5.11 Å². The van der Waals surface area contributed by atoms with Crippen molar-refractivity contribution in [2.24, 2.45) is 17.8 Å². The third-order valence-corrected chi connectivity index (χ3v) is 7.18. The Balaban J connectivity index is 2.00. The molecule has 3 aromatic heterocycles. The number of pyridine rings is 1. The number of rotatable bonds is 4. The van der Waals surface area contributed by atoms with Crippen LogP contribution in [0.4, 0.5) is 0 Å². The minimum absolute atomic E-state index is 0.0135. The minimum Gasteiger partial charge on any atom is -0.479 e. The lowest BCUT2D eigenvalue weighted by Gasteiger charge is -2.31. The van der Waals surface area contributed by atoms with Crippen LogP contribution in [0.3, 0.4) is 0 Å². The van der Waals surface area contributed by atoms with Crippen molar-refractivity contribution in [3.63, 3.8) is 0 Å². The Kier molecular flexibility index (Phi) is 8.41. The van der Waals surface area contributed by atoms with Crippen LogP contribution < -0.4 is 10.5 Å². The number of aliphatic hydroxyl groups excluding tert-OH is 1. The Hall–Kier alpha value is -3.70. The zero-order valence-corrected chi connectivity index (χ0v) is 24.1. The van der Waals surface area contributed by atoms with E-state index in [-0.39, 0.29) is 30.7 Å². The Morgan fingerprint density at radius 2 is 2.03 bits per heavy atom. The van der Waals surface area contributed by atoms with E-state index in [1.54, 1.807) is 4.68 Å². The van der Waals surface area contributed by atoms with Crippen LogP contribution in [0.5, 0.6) is 5.88 Å². The molecule has 1 aliphatic heterocycles. The lowest BCUT2D eigenvalue weighted by Crippen LogP contribution is -2.43. The highest BCUT2D eigenvalue weighted by atomic mass is 16.5. The third kappa shape index (κ3) is 5.69. The monoisotopic (exact) mass is 536 g/mol. The van der Waals surface area contributed by atoms with Gasteiger partial charge in [-0.15, -0.1) is 0 Å². The Labute approximate surface area is 229 Å². The molecule has 2 bridgehead atoms. The summed E-state index contributed by atoms with van der Waals surface area (Å²) in [6, 6.07) is 1.68. The highest BCUT2D eigenvalue weighted by Crippen LogP contribution is 2.35. The summed E-state index contributed by atoms with van der Waals surface area (Å²) in [7, 11) is 3.90. The maximum absolute atomic E-state index is 9.80. The van der Waals surface area contributed by atoms with Gasteiger partial charge in [0.1, 0.15) is 11.6 Å². The van der Waals surface area contributed by atoms with Crippen molar-refractivity contribution in [3.8, 4) is 17.1 Å².